The van der Waals surface area contributed by atoms with E-state index >= 15 is 0 Å². The van der Waals surface area contributed by atoms with E-state index in [1.807, 2.05) is 31.2 Å². The number of ether oxygens (including phenoxy) is 1. The lowest BCUT2D eigenvalue weighted by Gasteiger charge is -2.19. The van der Waals surface area contributed by atoms with E-state index in [1.54, 1.807) is 23.1 Å². The second-order valence-electron chi connectivity index (χ2n) is 7.71. The second kappa shape index (κ2) is 8.48. The first-order chi connectivity index (χ1) is 14.4. The molecule has 2 aromatic carbocycles. The quantitative estimate of drug-likeness (QED) is 0.660. The number of likely N-dealkylation sites (tertiary alicyclic amines) is 1. The van der Waals surface area contributed by atoms with Gasteiger partial charge in [-0.15, -0.1) is 0 Å². The minimum atomic E-state index is -0.281. The Labute approximate surface area is 180 Å². The molecule has 0 aromatic heterocycles. The molecular formula is C23H23ClN2O4. The van der Waals surface area contributed by atoms with Crippen molar-refractivity contribution in [3.8, 4) is 5.75 Å². The number of carbonyl (C=O) groups is 3. The molecule has 2 aliphatic heterocycles. The smallest absolute Gasteiger partial charge is 0.261 e. The number of carbonyl (C=O) groups excluding carboxylic acids is 3. The molecule has 2 aromatic rings. The lowest BCUT2D eigenvalue weighted by molar-refractivity contribution is -0.130. The topological polar surface area (TPSA) is 66.9 Å². The van der Waals surface area contributed by atoms with Gasteiger partial charge in [0.1, 0.15) is 11.9 Å². The van der Waals surface area contributed by atoms with Crippen molar-refractivity contribution in [2.45, 2.75) is 32.3 Å². The summed E-state index contributed by atoms with van der Waals surface area (Å²) in [5.41, 5.74) is 1.83. The van der Waals surface area contributed by atoms with Gasteiger partial charge in [0.2, 0.25) is 5.91 Å². The molecule has 0 radical (unpaired) electrons. The Bertz CT molecular complexity index is 1010. The summed E-state index contributed by atoms with van der Waals surface area (Å²) in [6.45, 7) is 3.26. The van der Waals surface area contributed by atoms with Crippen LogP contribution in [0.15, 0.2) is 42.5 Å². The first-order valence-corrected chi connectivity index (χ1v) is 10.5. The highest BCUT2D eigenvalue weighted by Gasteiger charge is 2.35. The van der Waals surface area contributed by atoms with Gasteiger partial charge in [-0.1, -0.05) is 35.4 Å². The van der Waals surface area contributed by atoms with Crippen molar-refractivity contribution in [1.82, 2.24) is 9.80 Å². The molecule has 6 nitrogen and oxygen atoms in total. The van der Waals surface area contributed by atoms with Crippen molar-refractivity contribution in [3.63, 3.8) is 0 Å². The van der Waals surface area contributed by atoms with E-state index in [2.05, 4.69) is 0 Å². The molecule has 1 atom stereocenters. The van der Waals surface area contributed by atoms with Gasteiger partial charge in [0, 0.05) is 25.9 Å². The highest BCUT2D eigenvalue weighted by Crippen LogP contribution is 2.27. The number of nitrogens with zero attached hydrogens (tertiary/aromatic N) is 2. The van der Waals surface area contributed by atoms with E-state index in [0.29, 0.717) is 41.4 Å². The maximum atomic E-state index is 12.6. The zero-order valence-corrected chi connectivity index (χ0v) is 17.5. The summed E-state index contributed by atoms with van der Waals surface area (Å²) >= 11 is 6.13. The van der Waals surface area contributed by atoms with Crippen LogP contribution < -0.4 is 4.74 Å². The van der Waals surface area contributed by atoms with Crippen molar-refractivity contribution in [2.75, 3.05) is 19.6 Å². The van der Waals surface area contributed by atoms with Gasteiger partial charge in [0.25, 0.3) is 11.8 Å². The van der Waals surface area contributed by atoms with Crippen LogP contribution in [0.3, 0.4) is 0 Å². The Morgan fingerprint density at radius 3 is 2.70 bits per heavy atom. The predicted molar refractivity (Wildman–Crippen MR) is 113 cm³/mol. The normalized spacial score (nSPS) is 18.1. The number of imide groups is 1. The van der Waals surface area contributed by atoms with Crippen LogP contribution in [0.25, 0.3) is 0 Å². The molecule has 0 saturated carbocycles. The maximum Gasteiger partial charge on any atom is 0.261 e. The molecule has 0 spiro atoms. The number of benzene rings is 2. The number of amides is 3. The fraction of sp³-hybridized carbons (Fsp3) is 0.348. The minimum absolute atomic E-state index is 0.00714. The van der Waals surface area contributed by atoms with E-state index in [0.717, 1.165) is 12.0 Å². The number of para-hydroxylation sites is 1. The number of fused-ring (bicyclic) bond motifs is 1. The Morgan fingerprint density at radius 1 is 1.13 bits per heavy atom. The summed E-state index contributed by atoms with van der Waals surface area (Å²) in [5.74, 6) is 0.0735. The Hall–Kier alpha value is -2.86. The van der Waals surface area contributed by atoms with E-state index in [4.69, 9.17) is 16.3 Å². The molecule has 3 amide bonds. The van der Waals surface area contributed by atoms with Crippen molar-refractivity contribution < 1.29 is 19.1 Å². The van der Waals surface area contributed by atoms with E-state index in [-0.39, 0.29) is 36.8 Å². The number of hydrogen-bond donors (Lipinski definition) is 0. The summed E-state index contributed by atoms with van der Waals surface area (Å²) < 4.78 is 5.92. The third-order valence-corrected chi connectivity index (χ3v) is 5.84. The Balaban J connectivity index is 1.26. The van der Waals surface area contributed by atoms with Crippen LogP contribution in [0.1, 0.15) is 45.5 Å². The van der Waals surface area contributed by atoms with Crippen LogP contribution in [0.4, 0.5) is 0 Å². The molecule has 0 unspecified atom stereocenters. The van der Waals surface area contributed by atoms with Crippen LogP contribution >= 0.6 is 11.6 Å². The van der Waals surface area contributed by atoms with Gasteiger partial charge in [-0.25, -0.2) is 0 Å². The molecule has 1 fully saturated rings. The summed E-state index contributed by atoms with van der Waals surface area (Å²) in [5, 5.41) is 0.554. The summed E-state index contributed by atoms with van der Waals surface area (Å²) in [7, 11) is 0. The molecule has 30 heavy (non-hydrogen) atoms. The monoisotopic (exact) mass is 426 g/mol. The van der Waals surface area contributed by atoms with E-state index < -0.39 is 0 Å². The van der Waals surface area contributed by atoms with Gasteiger partial charge in [-0.05, 0) is 37.6 Å². The van der Waals surface area contributed by atoms with Crippen molar-refractivity contribution in [3.05, 3.63) is 64.2 Å². The SMILES string of the molecule is Cc1ccc2c(c1)C(=O)N(CCCC(=O)N1CC[C@@H](Oc3ccccc3Cl)C1)C2=O. The number of aryl methyl sites for hydroxylation is 1. The standard InChI is InChI=1S/C23H23ClN2O4/c1-15-8-9-17-18(13-15)23(29)26(22(17)28)11-4-7-21(27)25-12-10-16(14-25)30-20-6-3-2-5-19(20)24/h2-3,5-6,8-9,13,16H,4,7,10-12,14H2,1H3/t16-/m1/s1. The summed E-state index contributed by atoms with van der Waals surface area (Å²) in [6.07, 6.45) is 1.38. The van der Waals surface area contributed by atoms with E-state index in [9.17, 15) is 14.4 Å². The van der Waals surface area contributed by atoms with Crippen LogP contribution in [0.5, 0.6) is 5.75 Å². The van der Waals surface area contributed by atoms with Crippen molar-refractivity contribution >= 4 is 29.3 Å². The molecule has 2 aliphatic rings. The van der Waals surface area contributed by atoms with Gasteiger partial charge >= 0.3 is 0 Å². The van der Waals surface area contributed by atoms with Crippen LogP contribution in [0.2, 0.25) is 5.02 Å². The van der Waals surface area contributed by atoms with Crippen molar-refractivity contribution in [2.24, 2.45) is 0 Å². The van der Waals surface area contributed by atoms with Gasteiger partial charge in [-0.2, -0.15) is 0 Å². The zero-order valence-electron chi connectivity index (χ0n) is 16.8. The molecule has 0 N–H and O–H groups in total. The number of rotatable bonds is 6. The summed E-state index contributed by atoms with van der Waals surface area (Å²) in [6, 6.07) is 12.6. The third-order valence-electron chi connectivity index (χ3n) is 5.53. The fourth-order valence-electron chi connectivity index (χ4n) is 3.92. The number of hydrogen-bond acceptors (Lipinski definition) is 4. The molecule has 4 rings (SSSR count). The average Bonchev–Trinajstić information content (AvgIpc) is 3.28. The highest BCUT2D eigenvalue weighted by molar-refractivity contribution is 6.32. The van der Waals surface area contributed by atoms with Crippen molar-refractivity contribution in [1.29, 1.82) is 0 Å². The largest absolute Gasteiger partial charge is 0.487 e. The molecule has 0 bridgehead atoms. The van der Waals surface area contributed by atoms with Gasteiger partial charge in [-0.3, -0.25) is 19.3 Å². The zero-order chi connectivity index (χ0) is 21.3. The maximum absolute atomic E-state index is 12.6. The van der Waals surface area contributed by atoms with Gasteiger partial charge in [0.05, 0.1) is 22.7 Å². The van der Waals surface area contributed by atoms with Gasteiger partial charge in [0.15, 0.2) is 0 Å². The molecule has 0 aliphatic carbocycles. The van der Waals surface area contributed by atoms with Gasteiger partial charge < -0.3 is 9.64 Å². The van der Waals surface area contributed by atoms with Crippen LogP contribution in [-0.2, 0) is 4.79 Å². The predicted octanol–water partition coefficient (Wildman–Crippen LogP) is 3.70. The fourth-order valence-corrected chi connectivity index (χ4v) is 4.11. The molecule has 2 heterocycles. The van der Waals surface area contributed by atoms with Crippen LogP contribution in [-0.4, -0.2) is 53.3 Å². The minimum Gasteiger partial charge on any atom is -0.487 e. The first-order valence-electron chi connectivity index (χ1n) is 10.1. The Morgan fingerprint density at radius 2 is 1.90 bits per heavy atom. The summed E-state index contributed by atoms with van der Waals surface area (Å²) in [4.78, 5) is 40.6. The lowest BCUT2D eigenvalue weighted by atomic mass is 10.1. The average molecular weight is 427 g/mol. The molecule has 156 valence electrons. The van der Waals surface area contributed by atoms with E-state index in [1.165, 1.54) is 4.90 Å². The lowest BCUT2D eigenvalue weighted by Crippen LogP contribution is -2.33. The van der Waals surface area contributed by atoms with Crippen LogP contribution in [0, 0.1) is 6.92 Å². The molecular weight excluding hydrogens is 404 g/mol. The Kier molecular flexibility index (Phi) is 5.77. The molecule has 7 heteroatoms. The third kappa shape index (κ3) is 4.05. The first kappa shape index (κ1) is 20.4. The highest BCUT2D eigenvalue weighted by atomic mass is 35.5. The second-order valence-corrected chi connectivity index (χ2v) is 8.12. The number of halogens is 1. The molecule has 1 saturated heterocycles.